The topological polar surface area (TPSA) is 76.3 Å². The van der Waals surface area contributed by atoms with Crippen molar-refractivity contribution in [2.24, 2.45) is 4.99 Å². The number of hydrogen-bond donors (Lipinski definition) is 1. The molecular weight excluding hydrogens is 499 g/mol. The van der Waals surface area contributed by atoms with E-state index in [0.29, 0.717) is 36.1 Å². The van der Waals surface area contributed by atoms with Gasteiger partial charge >= 0.3 is 12.6 Å². The quantitative estimate of drug-likeness (QED) is 0.258. The van der Waals surface area contributed by atoms with Gasteiger partial charge in [-0.05, 0) is 30.7 Å². The number of ether oxygens (including phenoxy) is 2. The first-order valence-electron chi connectivity index (χ1n) is 8.47. The molecule has 0 aliphatic rings. The van der Waals surface area contributed by atoms with Crippen LogP contribution in [0.2, 0.25) is 0 Å². The third kappa shape index (κ3) is 7.18. The molecule has 1 heterocycles. The summed E-state index contributed by atoms with van der Waals surface area (Å²) < 4.78 is 39.0. The second kappa shape index (κ2) is 11.6. The number of alkyl halides is 2. The smallest absolute Gasteiger partial charge is 0.387 e. The molecular formula is C19H24F2IN3O4. The Kier molecular flexibility index (Phi) is 9.86. The highest BCUT2D eigenvalue weighted by atomic mass is 127. The van der Waals surface area contributed by atoms with Crippen LogP contribution < -0.4 is 10.1 Å². The van der Waals surface area contributed by atoms with Gasteiger partial charge in [0, 0.05) is 20.6 Å². The Hall–Kier alpha value is -2.37. The number of esters is 1. The minimum absolute atomic E-state index is 0. The fraction of sp³-hybridized carbons (Fsp3) is 0.368. The number of carbonyl (C=O) groups is 1. The molecule has 0 bridgehead atoms. The second-order valence-corrected chi connectivity index (χ2v) is 5.95. The molecule has 2 rings (SSSR count). The van der Waals surface area contributed by atoms with Crippen molar-refractivity contribution in [2.45, 2.75) is 26.6 Å². The Morgan fingerprint density at radius 3 is 2.52 bits per heavy atom. The van der Waals surface area contributed by atoms with Gasteiger partial charge in [-0.1, -0.05) is 12.1 Å². The van der Waals surface area contributed by atoms with E-state index in [9.17, 15) is 13.6 Å². The number of guanidine groups is 1. The van der Waals surface area contributed by atoms with Crippen LogP contribution in [-0.4, -0.2) is 44.6 Å². The third-order valence-electron chi connectivity index (χ3n) is 3.94. The monoisotopic (exact) mass is 523 g/mol. The number of carbonyl (C=O) groups excluding carboxylic acids is 1. The Morgan fingerprint density at radius 1 is 1.31 bits per heavy atom. The molecule has 10 heteroatoms. The molecule has 29 heavy (non-hydrogen) atoms. The molecule has 0 unspecified atom stereocenters. The summed E-state index contributed by atoms with van der Waals surface area (Å²) in [7, 11) is 4.80. The van der Waals surface area contributed by atoms with Crippen LogP contribution in [0.3, 0.4) is 0 Å². The number of benzene rings is 1. The number of aryl methyl sites for hydroxylation is 1. The lowest BCUT2D eigenvalue weighted by Crippen LogP contribution is -2.37. The van der Waals surface area contributed by atoms with Gasteiger partial charge < -0.3 is 24.1 Å². The lowest BCUT2D eigenvalue weighted by Gasteiger charge is -2.22. The summed E-state index contributed by atoms with van der Waals surface area (Å²) in [6.45, 7) is -0.325. The summed E-state index contributed by atoms with van der Waals surface area (Å²) in [4.78, 5) is 17.7. The number of nitrogens with zero attached hydrogens (tertiary/aromatic N) is 2. The van der Waals surface area contributed by atoms with Gasteiger partial charge in [-0.3, -0.25) is 4.99 Å². The molecule has 0 saturated carbocycles. The molecule has 2 aromatic rings. The highest BCUT2D eigenvalue weighted by Crippen LogP contribution is 2.17. The van der Waals surface area contributed by atoms with Crippen LogP contribution >= 0.6 is 24.0 Å². The van der Waals surface area contributed by atoms with Crippen molar-refractivity contribution in [3.63, 3.8) is 0 Å². The van der Waals surface area contributed by atoms with Crippen LogP contribution in [0.25, 0.3) is 0 Å². The Balaban J connectivity index is 0.00000420. The zero-order chi connectivity index (χ0) is 20.7. The second-order valence-electron chi connectivity index (χ2n) is 5.95. The lowest BCUT2D eigenvalue weighted by atomic mass is 10.2. The van der Waals surface area contributed by atoms with Crippen LogP contribution in [0.15, 0.2) is 39.7 Å². The number of hydrogen-bond acceptors (Lipinski definition) is 5. The van der Waals surface area contributed by atoms with E-state index in [1.54, 1.807) is 32.2 Å². The molecule has 0 fully saturated rings. The van der Waals surface area contributed by atoms with E-state index >= 15 is 0 Å². The highest BCUT2D eigenvalue weighted by molar-refractivity contribution is 14.0. The summed E-state index contributed by atoms with van der Waals surface area (Å²) >= 11 is 0. The fourth-order valence-electron chi connectivity index (χ4n) is 2.62. The summed E-state index contributed by atoms with van der Waals surface area (Å²) in [5, 5.41) is 3.15. The predicted octanol–water partition coefficient (Wildman–Crippen LogP) is 3.80. The predicted molar refractivity (Wildman–Crippen MR) is 115 cm³/mol. The largest absolute Gasteiger partial charge is 0.465 e. The number of rotatable bonds is 7. The molecule has 0 amide bonds. The molecule has 160 valence electrons. The molecule has 1 N–H and O–H groups in total. The van der Waals surface area contributed by atoms with Crippen molar-refractivity contribution < 1.29 is 27.5 Å². The van der Waals surface area contributed by atoms with Crippen LogP contribution in [-0.2, 0) is 17.8 Å². The van der Waals surface area contributed by atoms with Crippen molar-refractivity contribution >= 4 is 35.9 Å². The van der Waals surface area contributed by atoms with E-state index in [-0.39, 0.29) is 29.7 Å². The van der Waals surface area contributed by atoms with E-state index in [2.05, 4.69) is 15.0 Å². The van der Waals surface area contributed by atoms with Crippen LogP contribution in [0.5, 0.6) is 5.75 Å². The van der Waals surface area contributed by atoms with E-state index in [4.69, 9.17) is 9.15 Å². The molecule has 0 saturated heterocycles. The zero-order valence-electron chi connectivity index (χ0n) is 16.6. The highest BCUT2D eigenvalue weighted by Gasteiger charge is 2.16. The van der Waals surface area contributed by atoms with Crippen LogP contribution in [0, 0.1) is 6.92 Å². The minimum atomic E-state index is -2.85. The van der Waals surface area contributed by atoms with Gasteiger partial charge in [-0.15, -0.1) is 24.0 Å². The standard InChI is InChI=1S/C19H23F2N3O4.HI/c1-12-16(17(25)26-4)9-15(27-12)10-23-19(22-2)24(3)11-13-5-7-14(8-6-13)28-18(20)21;/h5-9,18H,10-11H2,1-4H3,(H,22,23);1H. The van der Waals surface area contributed by atoms with E-state index in [1.165, 1.54) is 19.2 Å². The molecule has 1 aromatic carbocycles. The molecule has 1 aromatic heterocycles. The summed E-state index contributed by atoms with van der Waals surface area (Å²) in [5.41, 5.74) is 1.28. The zero-order valence-corrected chi connectivity index (χ0v) is 18.9. The molecule has 0 aliphatic heterocycles. The normalized spacial score (nSPS) is 11.1. The molecule has 0 aliphatic carbocycles. The SMILES string of the molecule is CN=C(NCc1cc(C(=O)OC)c(C)o1)N(C)Cc1ccc(OC(F)F)cc1.I. The average Bonchev–Trinajstić information content (AvgIpc) is 3.03. The van der Waals surface area contributed by atoms with E-state index in [0.717, 1.165) is 5.56 Å². The van der Waals surface area contributed by atoms with Gasteiger partial charge in [0.2, 0.25) is 0 Å². The number of methoxy groups -OCH3 is 1. The van der Waals surface area contributed by atoms with Gasteiger partial charge in [0.1, 0.15) is 22.8 Å². The molecule has 0 spiro atoms. The van der Waals surface area contributed by atoms with Crippen molar-refractivity contribution in [1.82, 2.24) is 10.2 Å². The lowest BCUT2D eigenvalue weighted by molar-refractivity contribution is -0.0498. The van der Waals surface area contributed by atoms with Gasteiger partial charge in [0.25, 0.3) is 0 Å². The van der Waals surface area contributed by atoms with Crippen molar-refractivity contribution in [3.05, 3.63) is 53.0 Å². The van der Waals surface area contributed by atoms with Crippen LogP contribution in [0.4, 0.5) is 8.78 Å². The number of nitrogens with one attached hydrogen (secondary N) is 1. The summed E-state index contributed by atoms with van der Waals surface area (Å²) in [5.74, 6) is 1.31. The third-order valence-corrected chi connectivity index (χ3v) is 3.94. The van der Waals surface area contributed by atoms with Gasteiger partial charge in [-0.25, -0.2) is 4.79 Å². The first-order chi connectivity index (χ1) is 13.3. The van der Waals surface area contributed by atoms with Gasteiger partial charge in [-0.2, -0.15) is 8.78 Å². The molecule has 7 nitrogen and oxygen atoms in total. The van der Waals surface area contributed by atoms with E-state index in [1.807, 2.05) is 11.9 Å². The van der Waals surface area contributed by atoms with Crippen molar-refractivity contribution in [3.8, 4) is 5.75 Å². The van der Waals surface area contributed by atoms with E-state index < -0.39 is 12.6 Å². The van der Waals surface area contributed by atoms with Crippen molar-refractivity contribution in [1.29, 1.82) is 0 Å². The Bertz CT molecular complexity index is 825. The maximum absolute atomic E-state index is 12.2. The maximum Gasteiger partial charge on any atom is 0.387 e. The Morgan fingerprint density at radius 2 is 1.97 bits per heavy atom. The first kappa shape index (κ1) is 24.7. The number of halogens is 3. The molecule has 0 radical (unpaired) electrons. The van der Waals surface area contributed by atoms with Gasteiger partial charge in [0.15, 0.2) is 5.96 Å². The van der Waals surface area contributed by atoms with Gasteiger partial charge in [0.05, 0.1) is 13.7 Å². The summed E-state index contributed by atoms with van der Waals surface area (Å²) in [6.07, 6.45) is 0. The number of furan rings is 1. The maximum atomic E-state index is 12.2. The first-order valence-corrected chi connectivity index (χ1v) is 8.47. The molecule has 0 atom stereocenters. The minimum Gasteiger partial charge on any atom is -0.465 e. The van der Waals surface area contributed by atoms with Crippen LogP contribution in [0.1, 0.15) is 27.4 Å². The summed E-state index contributed by atoms with van der Waals surface area (Å²) in [6, 6.07) is 8.03. The number of aliphatic imine (C=N–C) groups is 1. The van der Waals surface area contributed by atoms with Crippen molar-refractivity contribution in [2.75, 3.05) is 21.2 Å². The average molecular weight is 523 g/mol. The Labute approximate surface area is 185 Å². The fourth-order valence-corrected chi connectivity index (χ4v) is 2.62.